The second-order valence-corrected chi connectivity index (χ2v) is 13.2. The van der Waals surface area contributed by atoms with E-state index in [1.807, 2.05) is 18.2 Å². The van der Waals surface area contributed by atoms with Gasteiger partial charge in [0, 0.05) is 44.8 Å². The first-order valence-electron chi connectivity index (χ1n) is 13.5. The molecule has 1 unspecified atom stereocenters. The Bertz CT molecular complexity index is 1390. The highest BCUT2D eigenvalue weighted by Crippen LogP contribution is 2.32. The number of benzene rings is 2. The van der Waals surface area contributed by atoms with Crippen LogP contribution in [0, 0.1) is 5.92 Å². The highest BCUT2D eigenvalue weighted by atomic mass is 32.2. The zero-order valence-electron chi connectivity index (χ0n) is 22.5. The summed E-state index contributed by atoms with van der Waals surface area (Å²) >= 11 is 1.45. The molecular weight excluding hydrogens is 536 g/mol. The molecule has 1 amide bonds. The highest BCUT2D eigenvalue weighted by Gasteiger charge is 2.29. The molecule has 2 aliphatic heterocycles. The molecule has 1 atom stereocenters. The van der Waals surface area contributed by atoms with E-state index in [2.05, 4.69) is 11.8 Å². The molecule has 9 nitrogen and oxygen atoms in total. The molecule has 0 spiro atoms. The molecule has 0 radical (unpaired) electrons. The molecule has 3 aromatic rings. The Balaban J connectivity index is 1.37. The van der Waals surface area contributed by atoms with Crippen LogP contribution in [0.5, 0.6) is 5.75 Å². The predicted molar refractivity (Wildman–Crippen MR) is 153 cm³/mol. The minimum absolute atomic E-state index is 0.196. The van der Waals surface area contributed by atoms with Crippen LogP contribution in [0.15, 0.2) is 47.4 Å². The van der Waals surface area contributed by atoms with E-state index in [1.54, 1.807) is 40.6 Å². The van der Waals surface area contributed by atoms with Gasteiger partial charge in [0.25, 0.3) is 5.91 Å². The molecule has 2 aromatic carbocycles. The number of piperidine rings is 1. The van der Waals surface area contributed by atoms with Crippen LogP contribution < -0.4 is 9.64 Å². The van der Waals surface area contributed by atoms with Gasteiger partial charge in [-0.15, -0.1) is 0 Å². The van der Waals surface area contributed by atoms with Gasteiger partial charge in [0.1, 0.15) is 5.75 Å². The molecule has 2 fully saturated rings. The monoisotopic (exact) mass is 572 g/mol. The number of anilines is 1. The second kappa shape index (κ2) is 12.3. The first-order valence-corrected chi connectivity index (χ1v) is 15.8. The van der Waals surface area contributed by atoms with E-state index in [9.17, 15) is 13.2 Å². The van der Waals surface area contributed by atoms with Gasteiger partial charge in [-0.2, -0.15) is 4.31 Å². The lowest BCUT2D eigenvalue weighted by atomic mass is 10.0. The molecule has 2 aliphatic rings. The number of fused-ring (bicyclic) bond motifs is 1. The number of hydrogen-bond acceptors (Lipinski definition) is 8. The van der Waals surface area contributed by atoms with Crippen molar-refractivity contribution in [1.29, 1.82) is 0 Å². The van der Waals surface area contributed by atoms with Gasteiger partial charge >= 0.3 is 0 Å². The molecule has 5 rings (SSSR count). The molecular formula is C28H36N4O5S2. The van der Waals surface area contributed by atoms with Crippen molar-refractivity contribution in [3.8, 4) is 5.75 Å². The molecule has 210 valence electrons. The summed E-state index contributed by atoms with van der Waals surface area (Å²) in [6.45, 7) is 7.74. The van der Waals surface area contributed by atoms with Gasteiger partial charge in [-0.1, -0.05) is 18.3 Å². The molecule has 0 aliphatic carbocycles. The van der Waals surface area contributed by atoms with E-state index in [4.69, 9.17) is 14.5 Å². The van der Waals surface area contributed by atoms with E-state index < -0.39 is 10.0 Å². The van der Waals surface area contributed by atoms with Crippen molar-refractivity contribution in [2.75, 3.05) is 64.5 Å². The number of methoxy groups -OCH3 is 1. The van der Waals surface area contributed by atoms with Crippen LogP contribution in [0.2, 0.25) is 0 Å². The van der Waals surface area contributed by atoms with Gasteiger partial charge < -0.3 is 9.47 Å². The average molecular weight is 573 g/mol. The number of thiazole rings is 1. The van der Waals surface area contributed by atoms with Gasteiger partial charge in [-0.3, -0.25) is 14.6 Å². The molecule has 2 saturated heterocycles. The molecule has 39 heavy (non-hydrogen) atoms. The number of nitrogens with zero attached hydrogens (tertiary/aromatic N) is 4. The highest BCUT2D eigenvalue weighted by molar-refractivity contribution is 7.89. The lowest BCUT2D eigenvalue weighted by Crippen LogP contribution is -2.39. The fourth-order valence-corrected chi connectivity index (χ4v) is 7.75. The molecule has 0 N–H and O–H groups in total. The summed E-state index contributed by atoms with van der Waals surface area (Å²) in [7, 11) is -1.96. The summed E-state index contributed by atoms with van der Waals surface area (Å²) < 4.78 is 39.7. The Kier molecular flexibility index (Phi) is 8.82. The third-order valence-electron chi connectivity index (χ3n) is 7.38. The Morgan fingerprint density at radius 3 is 2.64 bits per heavy atom. The topological polar surface area (TPSA) is 92.3 Å². The number of amides is 1. The second-order valence-electron chi connectivity index (χ2n) is 10.2. The summed E-state index contributed by atoms with van der Waals surface area (Å²) in [5, 5.41) is 0.615. The van der Waals surface area contributed by atoms with Crippen molar-refractivity contribution in [2.45, 2.75) is 31.1 Å². The van der Waals surface area contributed by atoms with Crippen LogP contribution in [-0.4, -0.2) is 88.1 Å². The number of hydrogen-bond donors (Lipinski definition) is 0. The maximum absolute atomic E-state index is 13.8. The van der Waals surface area contributed by atoms with Crippen molar-refractivity contribution in [3.05, 3.63) is 48.0 Å². The van der Waals surface area contributed by atoms with Crippen LogP contribution in [-0.2, 0) is 14.8 Å². The maximum atomic E-state index is 13.8. The van der Waals surface area contributed by atoms with E-state index in [-0.39, 0.29) is 10.8 Å². The maximum Gasteiger partial charge on any atom is 0.260 e. The number of sulfonamides is 1. The zero-order chi connectivity index (χ0) is 27.4. The van der Waals surface area contributed by atoms with E-state index >= 15 is 0 Å². The SMILES string of the molecule is COc1ccc2nc(N(CCCN3CCOCC3)C(=O)c3ccc(S(=O)(=O)N4CCCC(C)C4)cc3)sc2c1. The van der Waals surface area contributed by atoms with Crippen molar-refractivity contribution in [2.24, 2.45) is 5.92 Å². The summed E-state index contributed by atoms with van der Waals surface area (Å²) in [6.07, 6.45) is 2.69. The van der Waals surface area contributed by atoms with Gasteiger partial charge in [0.05, 0.1) is 35.4 Å². The fraction of sp³-hybridized carbons (Fsp3) is 0.500. The fourth-order valence-electron chi connectivity index (χ4n) is 5.14. The van der Waals surface area contributed by atoms with Gasteiger partial charge in [-0.25, -0.2) is 13.4 Å². The number of carbonyl (C=O) groups excluding carboxylic acids is 1. The Hall–Kier alpha value is -2.57. The summed E-state index contributed by atoms with van der Waals surface area (Å²) in [6, 6.07) is 12.0. The summed E-state index contributed by atoms with van der Waals surface area (Å²) in [5.74, 6) is 0.885. The lowest BCUT2D eigenvalue weighted by Gasteiger charge is -2.30. The number of aromatic nitrogens is 1. The molecule has 11 heteroatoms. The molecule has 1 aromatic heterocycles. The number of morpholine rings is 1. The first kappa shape index (κ1) is 28.0. The normalized spacial score (nSPS) is 19.3. The first-order chi connectivity index (χ1) is 18.8. The van der Waals surface area contributed by atoms with E-state index in [0.717, 1.165) is 68.1 Å². The van der Waals surface area contributed by atoms with Crippen molar-refractivity contribution < 1.29 is 22.7 Å². The van der Waals surface area contributed by atoms with Crippen molar-refractivity contribution >= 4 is 42.6 Å². The number of rotatable bonds is 9. The summed E-state index contributed by atoms with van der Waals surface area (Å²) in [4.78, 5) is 22.8. The van der Waals surface area contributed by atoms with Crippen LogP contribution in [0.1, 0.15) is 36.5 Å². The van der Waals surface area contributed by atoms with Crippen molar-refractivity contribution in [3.63, 3.8) is 0 Å². The van der Waals surface area contributed by atoms with Crippen LogP contribution in [0.25, 0.3) is 10.2 Å². The van der Waals surface area contributed by atoms with Gasteiger partial charge in [0.2, 0.25) is 10.0 Å². The van der Waals surface area contributed by atoms with Gasteiger partial charge in [-0.05, 0) is 67.6 Å². The summed E-state index contributed by atoms with van der Waals surface area (Å²) in [5.41, 5.74) is 1.24. The third kappa shape index (κ3) is 6.44. The van der Waals surface area contributed by atoms with E-state index in [1.165, 1.54) is 11.3 Å². The molecule has 0 bridgehead atoms. The quantitative estimate of drug-likeness (QED) is 0.381. The van der Waals surface area contributed by atoms with Crippen LogP contribution in [0.4, 0.5) is 5.13 Å². The molecule has 0 saturated carbocycles. The van der Waals surface area contributed by atoms with Crippen LogP contribution >= 0.6 is 11.3 Å². The molecule has 3 heterocycles. The standard InChI is InChI=1S/C28H36N4O5S2/c1-21-5-3-13-31(20-21)39(34,35)24-9-6-22(7-10-24)27(33)32(14-4-12-30-15-17-37-18-16-30)28-29-25-11-8-23(36-2)19-26(25)38-28/h6-11,19,21H,3-5,12-18,20H2,1-2H3. The Morgan fingerprint density at radius 2 is 1.92 bits per heavy atom. The predicted octanol–water partition coefficient (Wildman–Crippen LogP) is 4.09. The van der Waals surface area contributed by atoms with Crippen molar-refractivity contribution in [1.82, 2.24) is 14.2 Å². The number of ether oxygens (including phenoxy) is 2. The Morgan fingerprint density at radius 1 is 1.15 bits per heavy atom. The zero-order valence-corrected chi connectivity index (χ0v) is 24.2. The number of carbonyl (C=O) groups is 1. The average Bonchev–Trinajstić information content (AvgIpc) is 3.38. The minimum atomic E-state index is -3.59. The van der Waals surface area contributed by atoms with Gasteiger partial charge in [0.15, 0.2) is 5.13 Å². The smallest absolute Gasteiger partial charge is 0.260 e. The van der Waals surface area contributed by atoms with E-state index in [0.29, 0.717) is 36.2 Å². The van der Waals surface area contributed by atoms with Crippen LogP contribution in [0.3, 0.4) is 0 Å². The third-order valence-corrected chi connectivity index (χ3v) is 10.3. The Labute approximate surface area is 234 Å². The minimum Gasteiger partial charge on any atom is -0.497 e. The lowest BCUT2D eigenvalue weighted by molar-refractivity contribution is 0.0376. The largest absolute Gasteiger partial charge is 0.497 e.